The lowest BCUT2D eigenvalue weighted by molar-refractivity contribution is 0.102. The van der Waals surface area contributed by atoms with Crippen molar-refractivity contribution in [3.63, 3.8) is 0 Å². The van der Waals surface area contributed by atoms with Gasteiger partial charge in [0.1, 0.15) is 0 Å². The minimum Gasteiger partial charge on any atom is -0.358 e. The number of nitrogens with zero attached hydrogens (tertiary/aromatic N) is 4. The van der Waals surface area contributed by atoms with E-state index in [0.29, 0.717) is 5.69 Å². The third kappa shape index (κ3) is 4.71. The number of benzene rings is 1. The molecular formula is C22H25N5O. The van der Waals surface area contributed by atoms with E-state index >= 15 is 0 Å². The number of pyridine rings is 1. The van der Waals surface area contributed by atoms with Gasteiger partial charge in [-0.25, -0.2) is 0 Å². The molecule has 28 heavy (non-hydrogen) atoms. The van der Waals surface area contributed by atoms with Crippen LogP contribution >= 0.6 is 0 Å². The molecule has 0 spiro atoms. The van der Waals surface area contributed by atoms with Crippen LogP contribution < -0.4 is 10.2 Å². The number of amides is 1. The largest absolute Gasteiger partial charge is 0.358 e. The highest BCUT2D eigenvalue weighted by Crippen LogP contribution is 2.22. The summed E-state index contributed by atoms with van der Waals surface area (Å²) < 4.78 is 0. The van der Waals surface area contributed by atoms with Gasteiger partial charge in [0.15, 0.2) is 11.5 Å². The number of carbonyl (C=O) groups is 1. The van der Waals surface area contributed by atoms with Crippen LogP contribution in [-0.4, -0.2) is 34.7 Å². The molecule has 0 aliphatic rings. The van der Waals surface area contributed by atoms with E-state index in [4.69, 9.17) is 0 Å². The van der Waals surface area contributed by atoms with Gasteiger partial charge < -0.3 is 10.2 Å². The lowest BCUT2D eigenvalue weighted by Gasteiger charge is -2.17. The van der Waals surface area contributed by atoms with Gasteiger partial charge in [-0.15, -0.1) is 10.2 Å². The Morgan fingerprint density at radius 3 is 2.29 bits per heavy atom. The highest BCUT2D eigenvalue weighted by atomic mass is 16.1. The lowest BCUT2D eigenvalue weighted by Crippen LogP contribution is -2.23. The summed E-state index contributed by atoms with van der Waals surface area (Å²) in [5.41, 5.74) is 5.58. The number of rotatable bonds is 6. The first-order valence-electron chi connectivity index (χ1n) is 9.27. The first-order valence-corrected chi connectivity index (χ1v) is 9.27. The van der Waals surface area contributed by atoms with E-state index in [-0.39, 0.29) is 5.91 Å². The molecule has 3 aromatic rings. The van der Waals surface area contributed by atoms with Gasteiger partial charge in [0, 0.05) is 31.7 Å². The molecule has 0 unspecified atom stereocenters. The predicted octanol–water partition coefficient (Wildman–Crippen LogP) is 3.73. The van der Waals surface area contributed by atoms with E-state index in [1.54, 1.807) is 18.5 Å². The van der Waals surface area contributed by atoms with Crippen LogP contribution in [0, 0.1) is 20.8 Å². The molecule has 6 heteroatoms. The highest BCUT2D eigenvalue weighted by Gasteiger charge is 2.13. The standard InChI is InChI=1S/C22H25N5O/c1-15-13-16(2)21(17(3)14-15)24-22(28)19-5-6-20(26-25-19)27(4)12-9-18-7-10-23-11-8-18/h5-8,10-11,13-14H,9,12H2,1-4H3,(H,24,28). The maximum absolute atomic E-state index is 12.6. The molecule has 6 nitrogen and oxygen atoms in total. The SMILES string of the molecule is Cc1cc(C)c(NC(=O)c2ccc(N(C)CCc3ccncc3)nn2)c(C)c1. The summed E-state index contributed by atoms with van der Waals surface area (Å²) in [6.45, 7) is 6.82. The van der Waals surface area contributed by atoms with Crippen LogP contribution in [0.3, 0.4) is 0 Å². The van der Waals surface area contributed by atoms with Crippen LogP contribution in [0.2, 0.25) is 0 Å². The molecule has 0 saturated carbocycles. The molecule has 0 aliphatic heterocycles. The zero-order chi connectivity index (χ0) is 20.1. The maximum atomic E-state index is 12.6. The molecule has 0 fully saturated rings. The quantitative estimate of drug-likeness (QED) is 0.711. The van der Waals surface area contributed by atoms with Gasteiger partial charge in [-0.3, -0.25) is 9.78 Å². The van der Waals surface area contributed by atoms with Crippen LogP contribution in [-0.2, 0) is 6.42 Å². The van der Waals surface area contributed by atoms with Gasteiger partial charge in [0.25, 0.3) is 5.91 Å². The molecule has 0 atom stereocenters. The van der Waals surface area contributed by atoms with Crippen molar-refractivity contribution in [2.24, 2.45) is 0 Å². The Morgan fingerprint density at radius 2 is 1.68 bits per heavy atom. The van der Waals surface area contributed by atoms with E-state index in [1.807, 2.05) is 50.9 Å². The third-order valence-electron chi connectivity index (χ3n) is 4.68. The van der Waals surface area contributed by atoms with Gasteiger partial charge in [0.05, 0.1) is 0 Å². The van der Waals surface area contributed by atoms with Gasteiger partial charge in [0.2, 0.25) is 0 Å². The van der Waals surface area contributed by atoms with E-state index < -0.39 is 0 Å². The summed E-state index contributed by atoms with van der Waals surface area (Å²) >= 11 is 0. The van der Waals surface area contributed by atoms with E-state index in [9.17, 15) is 4.79 Å². The number of likely N-dealkylation sites (N-methyl/N-ethyl adjacent to an activating group) is 1. The highest BCUT2D eigenvalue weighted by molar-refractivity contribution is 6.03. The Labute approximate surface area is 165 Å². The van der Waals surface area contributed by atoms with E-state index in [2.05, 4.69) is 32.6 Å². The van der Waals surface area contributed by atoms with Crippen molar-refractivity contribution in [1.29, 1.82) is 0 Å². The molecule has 144 valence electrons. The zero-order valence-electron chi connectivity index (χ0n) is 16.7. The van der Waals surface area contributed by atoms with Crippen LogP contribution in [0.15, 0.2) is 48.8 Å². The number of carbonyl (C=O) groups excluding carboxylic acids is 1. The zero-order valence-corrected chi connectivity index (χ0v) is 16.7. The lowest BCUT2D eigenvalue weighted by atomic mass is 10.1. The molecule has 0 radical (unpaired) electrons. The molecule has 2 heterocycles. The number of aromatic nitrogens is 3. The predicted molar refractivity (Wildman–Crippen MR) is 112 cm³/mol. The van der Waals surface area contributed by atoms with Crippen LogP contribution in [0.4, 0.5) is 11.5 Å². The number of nitrogens with one attached hydrogen (secondary N) is 1. The summed E-state index contributed by atoms with van der Waals surface area (Å²) in [5, 5.41) is 11.3. The first-order chi connectivity index (χ1) is 13.4. The third-order valence-corrected chi connectivity index (χ3v) is 4.68. The van der Waals surface area contributed by atoms with Crippen molar-refractivity contribution in [2.75, 3.05) is 23.8 Å². The van der Waals surface area contributed by atoms with Gasteiger partial charge in [-0.2, -0.15) is 0 Å². The van der Waals surface area contributed by atoms with Crippen molar-refractivity contribution < 1.29 is 4.79 Å². The van der Waals surface area contributed by atoms with Gasteiger partial charge in [-0.05, 0) is 68.1 Å². The number of hydrogen-bond acceptors (Lipinski definition) is 5. The fourth-order valence-corrected chi connectivity index (χ4v) is 3.17. The van der Waals surface area contributed by atoms with E-state index in [1.165, 1.54) is 11.1 Å². The number of aryl methyl sites for hydroxylation is 3. The monoisotopic (exact) mass is 375 g/mol. The molecule has 0 aliphatic carbocycles. The van der Waals surface area contributed by atoms with Gasteiger partial charge in [-0.1, -0.05) is 17.7 Å². The van der Waals surface area contributed by atoms with Crippen LogP contribution in [0.25, 0.3) is 0 Å². The summed E-state index contributed by atoms with van der Waals surface area (Å²) in [4.78, 5) is 18.6. The second-order valence-electron chi connectivity index (χ2n) is 7.03. The average Bonchev–Trinajstić information content (AvgIpc) is 2.69. The minimum absolute atomic E-state index is 0.256. The van der Waals surface area contributed by atoms with Crippen molar-refractivity contribution in [3.05, 3.63) is 76.7 Å². The summed E-state index contributed by atoms with van der Waals surface area (Å²) in [6, 6.07) is 11.6. The van der Waals surface area contributed by atoms with E-state index in [0.717, 1.165) is 35.6 Å². The molecule has 2 aromatic heterocycles. The molecule has 1 amide bonds. The summed E-state index contributed by atoms with van der Waals surface area (Å²) in [7, 11) is 1.96. The molecule has 3 rings (SSSR count). The molecule has 1 aromatic carbocycles. The second-order valence-corrected chi connectivity index (χ2v) is 7.03. The number of hydrogen-bond donors (Lipinski definition) is 1. The molecule has 0 bridgehead atoms. The van der Waals surface area contributed by atoms with Crippen LogP contribution in [0.1, 0.15) is 32.7 Å². The maximum Gasteiger partial charge on any atom is 0.276 e. The van der Waals surface area contributed by atoms with Crippen molar-refractivity contribution in [3.8, 4) is 0 Å². The van der Waals surface area contributed by atoms with Crippen molar-refractivity contribution in [1.82, 2.24) is 15.2 Å². The Balaban J connectivity index is 1.64. The fraction of sp³-hybridized carbons (Fsp3) is 0.273. The normalized spacial score (nSPS) is 10.6. The summed E-state index contributed by atoms with van der Waals surface area (Å²) in [6.07, 6.45) is 4.47. The van der Waals surface area contributed by atoms with Crippen molar-refractivity contribution >= 4 is 17.4 Å². The minimum atomic E-state index is -0.256. The Hall–Kier alpha value is -3.28. The topological polar surface area (TPSA) is 71.0 Å². The first kappa shape index (κ1) is 19.5. The Morgan fingerprint density at radius 1 is 1.00 bits per heavy atom. The molecule has 0 saturated heterocycles. The smallest absolute Gasteiger partial charge is 0.276 e. The Kier molecular flexibility index (Phi) is 5.99. The average molecular weight is 375 g/mol. The Bertz CT molecular complexity index is 931. The summed E-state index contributed by atoms with van der Waals surface area (Å²) in [5.74, 6) is 0.474. The molecule has 1 N–H and O–H groups in total. The number of anilines is 2. The van der Waals surface area contributed by atoms with Crippen molar-refractivity contribution in [2.45, 2.75) is 27.2 Å². The second kappa shape index (κ2) is 8.61. The molecular weight excluding hydrogens is 350 g/mol. The van der Waals surface area contributed by atoms with Crippen LogP contribution in [0.5, 0.6) is 0 Å². The van der Waals surface area contributed by atoms with Gasteiger partial charge >= 0.3 is 0 Å². The fourth-order valence-electron chi connectivity index (χ4n) is 3.17.